The van der Waals surface area contributed by atoms with Gasteiger partial charge in [-0.1, -0.05) is 12.1 Å². The summed E-state index contributed by atoms with van der Waals surface area (Å²) < 4.78 is 23.3. The predicted octanol–water partition coefficient (Wildman–Crippen LogP) is 3.33. The average molecular weight is 276 g/mol. The Morgan fingerprint density at radius 3 is 2.10 bits per heavy atom. The van der Waals surface area contributed by atoms with Crippen molar-refractivity contribution in [2.45, 2.75) is 12.8 Å². The molecule has 2 rings (SSSR count). The standard InChI is InChI=1S/C16H17FO3/c1-19-14-9-12(10-15(20-2)16(14)18)7-6-11-4-3-5-13(17)8-11/h3-5,8-10,18H,6-7H2,1-2H3. The molecule has 0 spiro atoms. The molecule has 106 valence electrons. The molecule has 0 atom stereocenters. The summed E-state index contributed by atoms with van der Waals surface area (Å²) in [5.41, 5.74) is 1.89. The monoisotopic (exact) mass is 276 g/mol. The number of ether oxygens (including phenoxy) is 2. The predicted molar refractivity (Wildman–Crippen MR) is 75.0 cm³/mol. The SMILES string of the molecule is COc1cc(CCc2cccc(F)c2)cc(OC)c1O. The van der Waals surface area contributed by atoms with Gasteiger partial charge in [-0.25, -0.2) is 4.39 Å². The van der Waals surface area contributed by atoms with Crippen LogP contribution in [0.4, 0.5) is 4.39 Å². The topological polar surface area (TPSA) is 38.7 Å². The largest absolute Gasteiger partial charge is 0.502 e. The van der Waals surface area contributed by atoms with E-state index in [1.54, 1.807) is 18.2 Å². The Kier molecular flexibility index (Phi) is 4.45. The zero-order valence-electron chi connectivity index (χ0n) is 11.5. The van der Waals surface area contributed by atoms with Crippen molar-refractivity contribution < 1.29 is 19.0 Å². The molecular weight excluding hydrogens is 259 g/mol. The van der Waals surface area contributed by atoms with Crippen molar-refractivity contribution in [2.24, 2.45) is 0 Å². The Balaban J connectivity index is 2.17. The first kappa shape index (κ1) is 14.2. The highest BCUT2D eigenvalue weighted by atomic mass is 19.1. The number of halogens is 1. The van der Waals surface area contributed by atoms with Gasteiger partial charge in [-0.3, -0.25) is 0 Å². The normalized spacial score (nSPS) is 10.3. The van der Waals surface area contributed by atoms with Gasteiger partial charge < -0.3 is 14.6 Å². The van der Waals surface area contributed by atoms with Gasteiger partial charge >= 0.3 is 0 Å². The van der Waals surface area contributed by atoms with E-state index in [0.717, 1.165) is 11.1 Å². The van der Waals surface area contributed by atoms with Crippen LogP contribution in [0.15, 0.2) is 36.4 Å². The number of methoxy groups -OCH3 is 2. The molecule has 0 aliphatic carbocycles. The van der Waals surface area contributed by atoms with E-state index in [0.29, 0.717) is 24.3 Å². The Labute approximate surface area is 117 Å². The number of hydrogen-bond acceptors (Lipinski definition) is 3. The van der Waals surface area contributed by atoms with Crippen molar-refractivity contribution in [3.05, 3.63) is 53.3 Å². The van der Waals surface area contributed by atoms with Crippen molar-refractivity contribution in [2.75, 3.05) is 14.2 Å². The fraction of sp³-hybridized carbons (Fsp3) is 0.250. The van der Waals surface area contributed by atoms with Crippen molar-refractivity contribution in [1.29, 1.82) is 0 Å². The molecule has 0 aliphatic rings. The summed E-state index contributed by atoms with van der Waals surface area (Å²) in [6.45, 7) is 0. The molecule has 20 heavy (non-hydrogen) atoms. The Morgan fingerprint density at radius 1 is 0.950 bits per heavy atom. The number of phenols is 1. The Hall–Kier alpha value is -2.23. The summed E-state index contributed by atoms with van der Waals surface area (Å²) in [6.07, 6.45) is 1.41. The second kappa shape index (κ2) is 6.28. The van der Waals surface area contributed by atoms with E-state index in [-0.39, 0.29) is 11.6 Å². The smallest absolute Gasteiger partial charge is 0.200 e. The lowest BCUT2D eigenvalue weighted by atomic mass is 10.0. The number of phenolic OH excluding ortho intramolecular Hbond substituents is 1. The van der Waals surface area contributed by atoms with Crippen molar-refractivity contribution in [3.8, 4) is 17.2 Å². The van der Waals surface area contributed by atoms with E-state index in [4.69, 9.17) is 9.47 Å². The quantitative estimate of drug-likeness (QED) is 0.910. The van der Waals surface area contributed by atoms with Crippen LogP contribution in [0, 0.1) is 5.82 Å². The van der Waals surface area contributed by atoms with Gasteiger partial charge in [-0.05, 0) is 48.2 Å². The van der Waals surface area contributed by atoms with E-state index >= 15 is 0 Å². The third-order valence-corrected chi connectivity index (χ3v) is 3.13. The maximum Gasteiger partial charge on any atom is 0.200 e. The Morgan fingerprint density at radius 2 is 1.55 bits per heavy atom. The molecule has 1 N–H and O–H groups in total. The van der Waals surface area contributed by atoms with Crippen LogP contribution in [0.5, 0.6) is 17.2 Å². The van der Waals surface area contributed by atoms with E-state index in [9.17, 15) is 9.50 Å². The lowest BCUT2D eigenvalue weighted by Gasteiger charge is -2.11. The van der Waals surface area contributed by atoms with Crippen molar-refractivity contribution in [3.63, 3.8) is 0 Å². The first-order valence-electron chi connectivity index (χ1n) is 6.32. The number of hydrogen-bond donors (Lipinski definition) is 1. The summed E-state index contributed by atoms with van der Waals surface area (Å²) in [7, 11) is 2.98. The molecule has 0 saturated carbocycles. The number of aryl methyl sites for hydroxylation is 2. The molecule has 4 heteroatoms. The second-order valence-corrected chi connectivity index (χ2v) is 4.48. The van der Waals surface area contributed by atoms with Crippen molar-refractivity contribution >= 4 is 0 Å². The molecule has 0 radical (unpaired) electrons. The molecule has 0 amide bonds. The van der Waals surface area contributed by atoms with Crippen LogP contribution in [0.3, 0.4) is 0 Å². The van der Waals surface area contributed by atoms with Gasteiger partial charge in [-0.2, -0.15) is 0 Å². The van der Waals surface area contributed by atoms with E-state index in [1.807, 2.05) is 6.07 Å². The minimum absolute atomic E-state index is 0.00972. The molecule has 0 aliphatic heterocycles. The van der Waals surface area contributed by atoms with Crippen LogP contribution in [0.2, 0.25) is 0 Å². The molecule has 0 saturated heterocycles. The molecule has 2 aromatic carbocycles. The molecule has 3 nitrogen and oxygen atoms in total. The van der Waals surface area contributed by atoms with Crippen LogP contribution in [0.25, 0.3) is 0 Å². The van der Waals surface area contributed by atoms with Crippen LogP contribution in [-0.2, 0) is 12.8 Å². The first-order chi connectivity index (χ1) is 9.63. The summed E-state index contributed by atoms with van der Waals surface area (Å²) in [4.78, 5) is 0. The van der Waals surface area contributed by atoms with Crippen LogP contribution in [0.1, 0.15) is 11.1 Å². The highest BCUT2D eigenvalue weighted by Gasteiger charge is 2.11. The summed E-state index contributed by atoms with van der Waals surface area (Å²) >= 11 is 0. The molecule has 0 fully saturated rings. The molecule has 0 bridgehead atoms. The fourth-order valence-corrected chi connectivity index (χ4v) is 2.07. The third-order valence-electron chi connectivity index (χ3n) is 3.13. The molecule has 0 unspecified atom stereocenters. The highest BCUT2D eigenvalue weighted by molar-refractivity contribution is 5.52. The van der Waals surface area contributed by atoms with Crippen molar-refractivity contribution in [1.82, 2.24) is 0 Å². The average Bonchev–Trinajstić information content (AvgIpc) is 2.46. The number of aromatic hydroxyl groups is 1. The first-order valence-corrected chi connectivity index (χ1v) is 6.32. The summed E-state index contributed by atoms with van der Waals surface area (Å²) in [5, 5.41) is 9.84. The third kappa shape index (κ3) is 3.20. The summed E-state index contributed by atoms with van der Waals surface area (Å²) in [5.74, 6) is 0.505. The van der Waals surface area contributed by atoms with E-state index in [2.05, 4.69) is 0 Å². The molecule has 0 aromatic heterocycles. The van der Waals surface area contributed by atoms with E-state index in [1.165, 1.54) is 26.4 Å². The van der Waals surface area contributed by atoms with Gasteiger partial charge in [0.2, 0.25) is 5.75 Å². The van der Waals surface area contributed by atoms with Gasteiger partial charge in [0.15, 0.2) is 11.5 Å². The van der Waals surface area contributed by atoms with Gasteiger partial charge in [0, 0.05) is 0 Å². The fourth-order valence-electron chi connectivity index (χ4n) is 2.07. The Bertz CT molecular complexity index is 571. The van der Waals surface area contributed by atoms with Crippen LogP contribution >= 0.6 is 0 Å². The van der Waals surface area contributed by atoms with Crippen LogP contribution < -0.4 is 9.47 Å². The number of benzene rings is 2. The van der Waals surface area contributed by atoms with Gasteiger partial charge in [0.05, 0.1) is 14.2 Å². The minimum Gasteiger partial charge on any atom is -0.502 e. The zero-order valence-corrected chi connectivity index (χ0v) is 11.5. The minimum atomic E-state index is -0.233. The van der Waals surface area contributed by atoms with E-state index < -0.39 is 0 Å². The molecule has 0 heterocycles. The summed E-state index contributed by atoms with van der Waals surface area (Å²) in [6, 6.07) is 10.1. The van der Waals surface area contributed by atoms with Gasteiger partial charge in [0.1, 0.15) is 5.82 Å². The molecule has 2 aromatic rings. The second-order valence-electron chi connectivity index (χ2n) is 4.48. The van der Waals surface area contributed by atoms with Crippen LogP contribution in [-0.4, -0.2) is 19.3 Å². The lowest BCUT2D eigenvalue weighted by Crippen LogP contribution is -1.95. The zero-order chi connectivity index (χ0) is 14.5. The molecular formula is C16H17FO3. The highest BCUT2D eigenvalue weighted by Crippen LogP contribution is 2.37. The number of rotatable bonds is 5. The lowest BCUT2D eigenvalue weighted by molar-refractivity contribution is 0.339. The van der Waals surface area contributed by atoms with Gasteiger partial charge in [0.25, 0.3) is 0 Å². The maximum atomic E-state index is 13.1. The maximum absolute atomic E-state index is 13.1. The van der Waals surface area contributed by atoms with Gasteiger partial charge in [-0.15, -0.1) is 0 Å².